The van der Waals surface area contributed by atoms with E-state index in [9.17, 15) is 0 Å². The van der Waals surface area contributed by atoms with Crippen LogP contribution in [0.4, 0.5) is 17.3 Å². The normalized spacial score (nSPS) is 10.3. The van der Waals surface area contributed by atoms with Crippen LogP contribution in [0.25, 0.3) is 0 Å². The number of likely N-dealkylation sites (N-methyl/N-ethyl adjacent to an activating group) is 1. The summed E-state index contributed by atoms with van der Waals surface area (Å²) >= 11 is 0. The first kappa shape index (κ1) is 15.0. The second kappa shape index (κ2) is 7.35. The molecule has 0 aliphatic rings. The van der Waals surface area contributed by atoms with Crippen molar-refractivity contribution in [2.75, 3.05) is 23.8 Å². The molecule has 1 N–H and O–H groups in total. The van der Waals surface area contributed by atoms with E-state index < -0.39 is 0 Å². The van der Waals surface area contributed by atoms with Gasteiger partial charge in [-0.15, -0.1) is 0 Å². The van der Waals surface area contributed by atoms with Crippen LogP contribution < -0.4 is 10.2 Å². The molecule has 2 aromatic heterocycles. The second-order valence-electron chi connectivity index (χ2n) is 5.28. The molecule has 5 nitrogen and oxygen atoms in total. The fourth-order valence-corrected chi connectivity index (χ4v) is 2.25. The molecule has 0 bridgehead atoms. The number of hydrogen-bond acceptors (Lipinski definition) is 5. The number of para-hydroxylation sites is 1. The number of pyridine rings is 1. The van der Waals surface area contributed by atoms with Gasteiger partial charge in [0.05, 0.1) is 0 Å². The molecule has 3 aromatic rings. The molecule has 23 heavy (non-hydrogen) atoms. The summed E-state index contributed by atoms with van der Waals surface area (Å²) in [6, 6.07) is 16.0. The Balaban J connectivity index is 1.64. The zero-order chi connectivity index (χ0) is 15.9. The van der Waals surface area contributed by atoms with Gasteiger partial charge in [-0.1, -0.05) is 18.2 Å². The fraction of sp³-hybridized carbons (Fsp3) is 0.167. The summed E-state index contributed by atoms with van der Waals surface area (Å²) in [4.78, 5) is 14.8. The molecule has 5 heteroatoms. The van der Waals surface area contributed by atoms with E-state index in [4.69, 9.17) is 0 Å². The number of benzene rings is 1. The summed E-state index contributed by atoms with van der Waals surface area (Å²) in [7, 11) is 2.04. The molecule has 0 amide bonds. The Kier molecular flexibility index (Phi) is 4.79. The van der Waals surface area contributed by atoms with Gasteiger partial charge in [0, 0.05) is 37.7 Å². The monoisotopic (exact) mass is 305 g/mol. The zero-order valence-corrected chi connectivity index (χ0v) is 13.1. The standard InChI is InChI=1S/C18H19N5/c1-23(12-9-15-7-10-19-11-8-15)18-13-17(20-14-21-18)22-16-5-3-2-4-6-16/h2-8,10-11,13-14H,9,12H2,1H3,(H,20,21,22). The predicted octanol–water partition coefficient (Wildman–Crippen LogP) is 3.29. The van der Waals surface area contributed by atoms with E-state index in [0.717, 1.165) is 30.3 Å². The number of hydrogen-bond donors (Lipinski definition) is 1. The smallest absolute Gasteiger partial charge is 0.135 e. The van der Waals surface area contributed by atoms with Crippen molar-refractivity contribution in [3.05, 3.63) is 72.8 Å². The Morgan fingerprint density at radius 3 is 2.57 bits per heavy atom. The van der Waals surface area contributed by atoms with Crippen LogP contribution in [0.15, 0.2) is 67.3 Å². The Bertz CT molecular complexity index is 731. The summed E-state index contributed by atoms with van der Waals surface area (Å²) in [5.41, 5.74) is 2.28. The molecule has 0 radical (unpaired) electrons. The van der Waals surface area contributed by atoms with E-state index >= 15 is 0 Å². The number of nitrogens with zero attached hydrogens (tertiary/aromatic N) is 4. The molecule has 3 rings (SSSR count). The maximum Gasteiger partial charge on any atom is 0.135 e. The lowest BCUT2D eigenvalue weighted by Gasteiger charge is -2.18. The molecule has 0 fully saturated rings. The lowest BCUT2D eigenvalue weighted by atomic mass is 10.2. The average molecular weight is 305 g/mol. The van der Waals surface area contributed by atoms with E-state index in [0.29, 0.717) is 0 Å². The van der Waals surface area contributed by atoms with E-state index in [1.807, 2.05) is 68.0 Å². The van der Waals surface area contributed by atoms with Gasteiger partial charge in [0.1, 0.15) is 18.0 Å². The van der Waals surface area contributed by atoms with Gasteiger partial charge in [-0.25, -0.2) is 9.97 Å². The van der Waals surface area contributed by atoms with Gasteiger partial charge in [-0.2, -0.15) is 0 Å². The Morgan fingerprint density at radius 2 is 1.78 bits per heavy atom. The third-order valence-corrected chi connectivity index (χ3v) is 3.58. The SMILES string of the molecule is CN(CCc1ccncc1)c1cc(Nc2ccccc2)ncn1. The first-order valence-corrected chi connectivity index (χ1v) is 7.55. The predicted molar refractivity (Wildman–Crippen MR) is 93.0 cm³/mol. The maximum atomic E-state index is 4.36. The van der Waals surface area contributed by atoms with Crippen molar-refractivity contribution in [2.45, 2.75) is 6.42 Å². The summed E-state index contributed by atoms with van der Waals surface area (Å²) in [5.74, 6) is 1.68. The van der Waals surface area contributed by atoms with Crippen molar-refractivity contribution in [3.8, 4) is 0 Å². The Labute approximate surface area is 136 Å². The van der Waals surface area contributed by atoms with Gasteiger partial charge in [-0.3, -0.25) is 4.98 Å². The topological polar surface area (TPSA) is 53.9 Å². The molecule has 0 spiro atoms. The first-order chi connectivity index (χ1) is 11.3. The number of aromatic nitrogens is 3. The van der Waals surface area contributed by atoms with Crippen molar-refractivity contribution in [2.24, 2.45) is 0 Å². The Morgan fingerprint density at radius 1 is 1.00 bits per heavy atom. The van der Waals surface area contributed by atoms with E-state index in [1.165, 1.54) is 5.56 Å². The Hall–Kier alpha value is -2.95. The van der Waals surface area contributed by atoms with E-state index in [-0.39, 0.29) is 0 Å². The third kappa shape index (κ3) is 4.26. The molecular formula is C18H19N5. The average Bonchev–Trinajstić information content (AvgIpc) is 2.62. The maximum absolute atomic E-state index is 4.36. The lowest BCUT2D eigenvalue weighted by molar-refractivity contribution is 0.855. The minimum absolute atomic E-state index is 0.789. The quantitative estimate of drug-likeness (QED) is 0.757. The van der Waals surface area contributed by atoms with Crippen LogP contribution in [-0.4, -0.2) is 28.5 Å². The zero-order valence-electron chi connectivity index (χ0n) is 13.1. The molecule has 0 unspecified atom stereocenters. The molecule has 0 saturated carbocycles. The highest BCUT2D eigenvalue weighted by atomic mass is 15.2. The van der Waals surface area contributed by atoms with Crippen LogP contribution in [0.2, 0.25) is 0 Å². The number of nitrogens with one attached hydrogen (secondary N) is 1. The van der Waals surface area contributed by atoms with Crippen LogP contribution >= 0.6 is 0 Å². The minimum Gasteiger partial charge on any atom is -0.359 e. The fourth-order valence-electron chi connectivity index (χ4n) is 2.25. The summed E-state index contributed by atoms with van der Waals surface area (Å²) in [6.45, 7) is 0.881. The molecule has 0 atom stereocenters. The molecule has 0 saturated heterocycles. The van der Waals surface area contributed by atoms with Crippen LogP contribution in [0.5, 0.6) is 0 Å². The summed E-state index contributed by atoms with van der Waals surface area (Å²) < 4.78 is 0. The molecule has 0 aliphatic heterocycles. The minimum atomic E-state index is 0.789. The highest BCUT2D eigenvalue weighted by molar-refractivity contribution is 5.58. The van der Waals surface area contributed by atoms with Crippen LogP contribution in [0.3, 0.4) is 0 Å². The second-order valence-corrected chi connectivity index (χ2v) is 5.28. The van der Waals surface area contributed by atoms with E-state index in [2.05, 4.69) is 25.2 Å². The van der Waals surface area contributed by atoms with Gasteiger partial charge in [0.2, 0.25) is 0 Å². The van der Waals surface area contributed by atoms with Crippen molar-refractivity contribution < 1.29 is 0 Å². The van der Waals surface area contributed by atoms with E-state index in [1.54, 1.807) is 6.33 Å². The van der Waals surface area contributed by atoms with Crippen molar-refractivity contribution in [1.29, 1.82) is 0 Å². The lowest BCUT2D eigenvalue weighted by Crippen LogP contribution is -2.21. The first-order valence-electron chi connectivity index (χ1n) is 7.55. The molecule has 1 aromatic carbocycles. The van der Waals surface area contributed by atoms with Gasteiger partial charge in [0.25, 0.3) is 0 Å². The van der Waals surface area contributed by atoms with Crippen LogP contribution in [-0.2, 0) is 6.42 Å². The number of rotatable bonds is 6. The van der Waals surface area contributed by atoms with Crippen LogP contribution in [0.1, 0.15) is 5.56 Å². The van der Waals surface area contributed by atoms with Gasteiger partial charge < -0.3 is 10.2 Å². The highest BCUT2D eigenvalue weighted by Gasteiger charge is 2.05. The van der Waals surface area contributed by atoms with Crippen molar-refractivity contribution in [3.63, 3.8) is 0 Å². The summed E-state index contributed by atoms with van der Waals surface area (Å²) in [5, 5.41) is 3.29. The molecular weight excluding hydrogens is 286 g/mol. The van der Waals surface area contributed by atoms with Crippen molar-refractivity contribution in [1.82, 2.24) is 15.0 Å². The molecule has 2 heterocycles. The van der Waals surface area contributed by atoms with Crippen molar-refractivity contribution >= 4 is 17.3 Å². The number of anilines is 3. The molecule has 0 aliphatic carbocycles. The van der Waals surface area contributed by atoms with Gasteiger partial charge >= 0.3 is 0 Å². The largest absolute Gasteiger partial charge is 0.359 e. The van der Waals surface area contributed by atoms with Gasteiger partial charge in [0.15, 0.2) is 0 Å². The molecule has 116 valence electrons. The summed E-state index contributed by atoms with van der Waals surface area (Å²) in [6.07, 6.45) is 6.18. The van der Waals surface area contributed by atoms with Gasteiger partial charge in [-0.05, 0) is 36.2 Å². The highest BCUT2D eigenvalue weighted by Crippen LogP contribution is 2.17. The third-order valence-electron chi connectivity index (χ3n) is 3.58. The van der Waals surface area contributed by atoms with Crippen LogP contribution in [0, 0.1) is 0 Å².